The molecule has 4 rings (SSSR count). The Balaban J connectivity index is 1.70. The number of halogens is 2. The van der Waals surface area contributed by atoms with Gasteiger partial charge in [0.15, 0.2) is 17.4 Å². The smallest absolute Gasteiger partial charge is 0.380 e. The second kappa shape index (κ2) is 8.60. The van der Waals surface area contributed by atoms with Gasteiger partial charge in [-0.15, -0.1) is 0 Å². The highest BCUT2D eigenvalue weighted by molar-refractivity contribution is 7.84. The van der Waals surface area contributed by atoms with Crippen LogP contribution in [0.4, 0.5) is 8.78 Å². The molecule has 0 unspecified atom stereocenters. The van der Waals surface area contributed by atoms with Gasteiger partial charge < -0.3 is 13.3 Å². The molecule has 0 amide bonds. The maximum Gasteiger partial charge on any atom is 0.380 e. The van der Waals surface area contributed by atoms with E-state index in [1.165, 1.54) is 36.5 Å². The number of benzene rings is 2. The van der Waals surface area contributed by atoms with Crippen molar-refractivity contribution >= 4 is 21.3 Å². The van der Waals surface area contributed by atoms with Gasteiger partial charge in [0.05, 0.1) is 0 Å². The summed E-state index contributed by atoms with van der Waals surface area (Å²) in [4.78, 5) is 16.5. The summed E-state index contributed by atoms with van der Waals surface area (Å²) in [5.74, 6) is -2.23. The third-order valence-corrected chi connectivity index (χ3v) is 5.23. The van der Waals surface area contributed by atoms with E-state index in [1.807, 2.05) is 0 Å². The van der Waals surface area contributed by atoms with Crippen LogP contribution in [0.15, 0.2) is 63.9 Å². The molecule has 170 valence electrons. The van der Waals surface area contributed by atoms with Gasteiger partial charge in [-0.05, 0) is 48.4 Å². The number of pyridine rings is 1. The fourth-order valence-electron chi connectivity index (χ4n) is 3.27. The molecular weight excluding hydrogens is 458 g/mol. The number of rotatable bonds is 6. The van der Waals surface area contributed by atoms with Crippen LogP contribution < -0.4 is 19.7 Å². The molecule has 2 heterocycles. The van der Waals surface area contributed by atoms with Crippen LogP contribution in [-0.4, -0.2) is 13.4 Å². The fraction of sp³-hybridized carbons (Fsp3) is 0.0909. The molecule has 0 aliphatic carbocycles. The Morgan fingerprint density at radius 3 is 2.64 bits per heavy atom. The van der Waals surface area contributed by atoms with Crippen LogP contribution in [0, 0.1) is 18.6 Å². The number of hydrogen-bond acceptors (Lipinski definition) is 7. The number of hydrogen-bond donors (Lipinski definition) is 1. The van der Waals surface area contributed by atoms with Gasteiger partial charge in [0.2, 0.25) is 0 Å². The summed E-state index contributed by atoms with van der Waals surface area (Å²) in [5.41, 5.74) is 0.157. The van der Waals surface area contributed by atoms with Crippen molar-refractivity contribution in [2.24, 2.45) is 5.14 Å². The molecule has 2 aromatic carbocycles. The molecule has 2 aromatic heterocycles. The molecule has 0 radical (unpaired) electrons. The molecule has 8 nitrogen and oxygen atoms in total. The molecule has 0 spiro atoms. The van der Waals surface area contributed by atoms with E-state index in [1.54, 1.807) is 19.1 Å². The quantitative estimate of drug-likeness (QED) is 0.423. The highest BCUT2D eigenvalue weighted by Crippen LogP contribution is 2.29. The second-order valence-electron chi connectivity index (χ2n) is 7.03. The van der Waals surface area contributed by atoms with Crippen LogP contribution in [0.2, 0.25) is 0 Å². The fourth-order valence-corrected chi connectivity index (χ4v) is 3.65. The van der Waals surface area contributed by atoms with Gasteiger partial charge in [-0.2, -0.15) is 13.6 Å². The molecule has 2 N–H and O–H groups in total. The van der Waals surface area contributed by atoms with Crippen LogP contribution in [0.25, 0.3) is 11.0 Å². The number of nitrogens with zero attached hydrogens (tertiary/aromatic N) is 1. The summed E-state index contributed by atoms with van der Waals surface area (Å²) in [7, 11) is -4.42. The highest BCUT2D eigenvalue weighted by Gasteiger charge is 2.18. The van der Waals surface area contributed by atoms with Gasteiger partial charge in [0.25, 0.3) is 5.88 Å². The zero-order chi connectivity index (χ0) is 23.8. The van der Waals surface area contributed by atoms with Crippen molar-refractivity contribution < 1.29 is 30.5 Å². The first-order chi connectivity index (χ1) is 15.6. The highest BCUT2D eigenvalue weighted by atomic mass is 32.2. The first kappa shape index (κ1) is 22.4. The van der Waals surface area contributed by atoms with Crippen molar-refractivity contribution in [3.63, 3.8) is 0 Å². The summed E-state index contributed by atoms with van der Waals surface area (Å²) in [5, 5.41) is 5.35. The summed E-state index contributed by atoms with van der Waals surface area (Å²) in [6.45, 7) is 1.66. The summed E-state index contributed by atoms with van der Waals surface area (Å²) in [6, 6.07) is 11.1. The van der Waals surface area contributed by atoms with E-state index in [9.17, 15) is 22.0 Å². The molecular formula is C22H16F2N2O6S. The average molecular weight is 474 g/mol. The number of aromatic nitrogens is 1. The first-order valence-electron chi connectivity index (χ1n) is 9.46. The lowest BCUT2D eigenvalue weighted by Crippen LogP contribution is -2.20. The van der Waals surface area contributed by atoms with Gasteiger partial charge in [-0.3, -0.25) is 0 Å². The van der Waals surface area contributed by atoms with Gasteiger partial charge in [-0.1, -0.05) is 12.1 Å². The van der Waals surface area contributed by atoms with E-state index in [-0.39, 0.29) is 34.8 Å². The predicted molar refractivity (Wildman–Crippen MR) is 114 cm³/mol. The monoisotopic (exact) mass is 474 g/mol. The number of nitrogens with two attached hydrogens (primary N) is 1. The largest absolute Gasteiger partial charge is 0.436 e. The van der Waals surface area contributed by atoms with Crippen molar-refractivity contribution in [3.05, 3.63) is 93.5 Å². The van der Waals surface area contributed by atoms with Gasteiger partial charge >= 0.3 is 15.9 Å². The van der Waals surface area contributed by atoms with E-state index < -0.39 is 33.3 Å². The molecule has 0 aliphatic heterocycles. The van der Waals surface area contributed by atoms with Crippen LogP contribution in [0.1, 0.15) is 16.7 Å². The van der Waals surface area contributed by atoms with E-state index >= 15 is 0 Å². The topological polar surface area (TPSA) is 122 Å². The lowest BCUT2D eigenvalue weighted by Gasteiger charge is -2.11. The van der Waals surface area contributed by atoms with Crippen molar-refractivity contribution in [1.82, 2.24) is 4.98 Å². The number of aryl methyl sites for hydroxylation is 1. The molecule has 0 atom stereocenters. The first-order valence-corrected chi connectivity index (χ1v) is 10.9. The molecule has 0 fully saturated rings. The third kappa shape index (κ3) is 4.83. The Morgan fingerprint density at radius 2 is 1.91 bits per heavy atom. The Kier molecular flexibility index (Phi) is 5.83. The van der Waals surface area contributed by atoms with Gasteiger partial charge in [0, 0.05) is 29.6 Å². The minimum Gasteiger partial charge on any atom is -0.436 e. The minimum atomic E-state index is -4.42. The standard InChI is InChI=1S/C22H16F2N2O6S/c1-12-15-8-7-14(30-21-17(23)5-3-9-26-21)11-19(15)31-22(27)16(12)10-13-4-2-6-18(20(13)24)32-33(25,28)29/h2-9,11H,10H2,1H3,(H2,25,28,29). The van der Waals surface area contributed by atoms with Crippen molar-refractivity contribution in [3.8, 4) is 17.4 Å². The van der Waals surface area contributed by atoms with E-state index in [0.29, 0.717) is 10.9 Å². The molecule has 11 heteroatoms. The van der Waals surface area contributed by atoms with Crippen LogP contribution in [0.3, 0.4) is 0 Å². The molecule has 0 bridgehead atoms. The molecule has 0 saturated carbocycles. The second-order valence-corrected chi connectivity index (χ2v) is 8.18. The predicted octanol–water partition coefficient (Wildman–Crippen LogP) is 3.74. The SMILES string of the molecule is Cc1c(Cc2cccc(OS(N)(=O)=O)c2F)c(=O)oc2cc(Oc3ncccc3F)ccc12. The van der Waals surface area contributed by atoms with Crippen molar-refractivity contribution in [1.29, 1.82) is 0 Å². The molecule has 0 aliphatic rings. The Labute approximate surface area is 186 Å². The van der Waals surface area contributed by atoms with Crippen molar-refractivity contribution in [2.75, 3.05) is 0 Å². The normalized spacial score (nSPS) is 11.5. The molecule has 33 heavy (non-hydrogen) atoms. The third-order valence-electron chi connectivity index (χ3n) is 4.81. The Hall–Kier alpha value is -3.83. The number of ether oxygens (including phenoxy) is 1. The summed E-state index contributed by atoms with van der Waals surface area (Å²) >= 11 is 0. The summed E-state index contributed by atoms with van der Waals surface area (Å²) < 4.78 is 66.0. The zero-order valence-electron chi connectivity index (χ0n) is 17.0. The Bertz CT molecular complexity index is 1540. The summed E-state index contributed by atoms with van der Waals surface area (Å²) in [6.07, 6.45) is 1.19. The zero-order valence-corrected chi connectivity index (χ0v) is 17.9. The van der Waals surface area contributed by atoms with Gasteiger partial charge in [0.1, 0.15) is 11.3 Å². The Morgan fingerprint density at radius 1 is 1.12 bits per heavy atom. The lowest BCUT2D eigenvalue weighted by atomic mass is 9.99. The van der Waals surface area contributed by atoms with Crippen LogP contribution in [0.5, 0.6) is 17.4 Å². The van der Waals surface area contributed by atoms with E-state index in [0.717, 1.165) is 6.07 Å². The maximum atomic E-state index is 14.7. The molecule has 4 aromatic rings. The number of fused-ring (bicyclic) bond motifs is 1. The van der Waals surface area contributed by atoms with Crippen LogP contribution >= 0.6 is 0 Å². The lowest BCUT2D eigenvalue weighted by molar-refractivity contribution is 0.422. The van der Waals surface area contributed by atoms with Crippen LogP contribution in [-0.2, 0) is 16.7 Å². The van der Waals surface area contributed by atoms with E-state index in [4.69, 9.17) is 14.3 Å². The minimum absolute atomic E-state index is 0.0106. The molecule has 0 saturated heterocycles. The van der Waals surface area contributed by atoms with Gasteiger partial charge in [-0.25, -0.2) is 18.6 Å². The average Bonchev–Trinajstić information content (AvgIpc) is 2.74. The maximum absolute atomic E-state index is 14.7. The van der Waals surface area contributed by atoms with E-state index in [2.05, 4.69) is 9.17 Å². The van der Waals surface area contributed by atoms with Crippen molar-refractivity contribution in [2.45, 2.75) is 13.3 Å².